The van der Waals surface area contributed by atoms with Crippen molar-refractivity contribution >= 4 is 11.8 Å². The third-order valence-corrected chi connectivity index (χ3v) is 2.77. The molecule has 51 valence electrons. The van der Waals surface area contributed by atoms with E-state index in [9.17, 15) is 0 Å². The van der Waals surface area contributed by atoms with Crippen molar-refractivity contribution < 1.29 is 0 Å². The van der Waals surface area contributed by atoms with E-state index >= 15 is 0 Å². The lowest BCUT2D eigenvalue weighted by Gasteiger charge is -1.95. The summed E-state index contributed by atoms with van der Waals surface area (Å²) < 4.78 is 0. The number of hydrogen-bond donors (Lipinski definition) is 0. The maximum Gasteiger partial charge on any atom is 0.0594 e. The Morgan fingerprint density at radius 1 is 1.70 bits per heavy atom. The van der Waals surface area contributed by atoms with E-state index in [0.29, 0.717) is 5.25 Å². The molecule has 0 bridgehead atoms. The summed E-state index contributed by atoms with van der Waals surface area (Å²) in [5.74, 6) is 0. The molecule has 1 atom stereocenters. The van der Waals surface area contributed by atoms with Gasteiger partial charge in [0.05, 0.1) is 5.25 Å². The molecular formula is C9H9S. The Hall–Kier alpha value is -0.430. The van der Waals surface area contributed by atoms with Crippen LogP contribution in [0.1, 0.15) is 13.3 Å². The molecule has 2 rings (SSSR count). The lowest BCUT2D eigenvalue weighted by atomic mass is 10.2. The quantitative estimate of drug-likeness (QED) is 0.552. The van der Waals surface area contributed by atoms with Gasteiger partial charge in [-0.05, 0) is 29.1 Å². The Morgan fingerprint density at radius 2 is 2.60 bits per heavy atom. The SMILES string of the molecule is CCC1=[C]C2SC=CC2=C1. The second kappa shape index (κ2) is 2.31. The number of fused-ring (bicyclic) bond motifs is 1. The Balaban J connectivity index is 2.26. The van der Waals surface area contributed by atoms with E-state index in [1.54, 1.807) is 0 Å². The highest BCUT2D eigenvalue weighted by molar-refractivity contribution is 8.03. The topological polar surface area (TPSA) is 0 Å². The summed E-state index contributed by atoms with van der Waals surface area (Å²) >= 11 is 1.85. The van der Waals surface area contributed by atoms with E-state index < -0.39 is 0 Å². The summed E-state index contributed by atoms with van der Waals surface area (Å²) in [6.45, 7) is 2.18. The van der Waals surface area contributed by atoms with E-state index in [-0.39, 0.29) is 0 Å². The van der Waals surface area contributed by atoms with Crippen LogP contribution in [0.5, 0.6) is 0 Å². The van der Waals surface area contributed by atoms with E-state index in [1.165, 1.54) is 11.1 Å². The number of hydrogen-bond acceptors (Lipinski definition) is 1. The summed E-state index contributed by atoms with van der Waals surface area (Å²) in [7, 11) is 0. The number of thioether (sulfide) groups is 1. The molecule has 1 aliphatic heterocycles. The van der Waals surface area contributed by atoms with Crippen molar-refractivity contribution in [3.8, 4) is 0 Å². The van der Waals surface area contributed by atoms with Gasteiger partial charge < -0.3 is 0 Å². The van der Waals surface area contributed by atoms with Crippen LogP contribution in [0.15, 0.2) is 28.7 Å². The molecule has 1 unspecified atom stereocenters. The molecule has 0 saturated heterocycles. The summed E-state index contributed by atoms with van der Waals surface area (Å²) in [6, 6.07) is 0. The van der Waals surface area contributed by atoms with Gasteiger partial charge in [-0.2, -0.15) is 0 Å². The Bertz CT molecular complexity index is 233. The Morgan fingerprint density at radius 3 is 3.30 bits per heavy atom. The van der Waals surface area contributed by atoms with Crippen LogP contribution in [-0.4, -0.2) is 5.25 Å². The molecule has 2 aliphatic rings. The monoisotopic (exact) mass is 149 g/mol. The first-order valence-corrected chi connectivity index (χ1v) is 4.50. The highest BCUT2D eigenvalue weighted by Crippen LogP contribution is 2.35. The van der Waals surface area contributed by atoms with Gasteiger partial charge in [0.15, 0.2) is 0 Å². The van der Waals surface area contributed by atoms with Gasteiger partial charge in [0, 0.05) is 0 Å². The lowest BCUT2D eigenvalue weighted by Crippen LogP contribution is -1.89. The fraction of sp³-hybridized carbons (Fsp3) is 0.333. The Kier molecular flexibility index (Phi) is 1.46. The van der Waals surface area contributed by atoms with Gasteiger partial charge in [-0.1, -0.05) is 19.1 Å². The highest BCUT2D eigenvalue weighted by Gasteiger charge is 2.19. The van der Waals surface area contributed by atoms with Crippen molar-refractivity contribution in [2.45, 2.75) is 18.6 Å². The number of allylic oxidation sites excluding steroid dienone is 3. The maximum absolute atomic E-state index is 3.43. The molecule has 0 fully saturated rings. The zero-order chi connectivity index (χ0) is 6.97. The van der Waals surface area contributed by atoms with Crippen molar-refractivity contribution in [3.05, 3.63) is 34.8 Å². The van der Waals surface area contributed by atoms with Gasteiger partial charge in [0.25, 0.3) is 0 Å². The largest absolute Gasteiger partial charge is 0.121 e. The van der Waals surface area contributed by atoms with Crippen LogP contribution in [0, 0.1) is 6.08 Å². The molecule has 0 aromatic carbocycles. The van der Waals surface area contributed by atoms with Gasteiger partial charge in [-0.25, -0.2) is 0 Å². The van der Waals surface area contributed by atoms with Crippen LogP contribution in [0.25, 0.3) is 0 Å². The zero-order valence-electron chi connectivity index (χ0n) is 5.92. The van der Waals surface area contributed by atoms with Crippen molar-refractivity contribution in [3.63, 3.8) is 0 Å². The first-order valence-electron chi connectivity index (χ1n) is 3.56. The normalized spacial score (nSPS) is 28.3. The van der Waals surface area contributed by atoms with Gasteiger partial charge in [-0.3, -0.25) is 0 Å². The van der Waals surface area contributed by atoms with E-state index in [4.69, 9.17) is 0 Å². The summed E-state index contributed by atoms with van der Waals surface area (Å²) in [5, 5.41) is 2.69. The third-order valence-electron chi connectivity index (χ3n) is 1.82. The molecular weight excluding hydrogens is 140 g/mol. The second-order valence-electron chi connectivity index (χ2n) is 2.49. The minimum Gasteiger partial charge on any atom is -0.121 e. The van der Waals surface area contributed by atoms with Crippen molar-refractivity contribution in [2.24, 2.45) is 0 Å². The summed E-state index contributed by atoms with van der Waals surface area (Å²) in [6.07, 6.45) is 8.98. The van der Waals surface area contributed by atoms with E-state index in [0.717, 1.165) is 6.42 Å². The molecule has 1 heterocycles. The molecule has 1 aliphatic carbocycles. The summed E-state index contributed by atoms with van der Waals surface area (Å²) in [5.41, 5.74) is 2.80. The van der Waals surface area contributed by atoms with Crippen LogP contribution in [0.4, 0.5) is 0 Å². The van der Waals surface area contributed by atoms with Gasteiger partial charge >= 0.3 is 0 Å². The zero-order valence-corrected chi connectivity index (χ0v) is 6.74. The molecule has 1 heteroatoms. The molecule has 10 heavy (non-hydrogen) atoms. The molecule has 0 saturated carbocycles. The molecule has 0 spiro atoms. The number of rotatable bonds is 1. The smallest absolute Gasteiger partial charge is 0.0594 e. The minimum absolute atomic E-state index is 0.537. The van der Waals surface area contributed by atoms with Crippen LogP contribution >= 0.6 is 11.8 Å². The van der Waals surface area contributed by atoms with Gasteiger partial charge in [0.1, 0.15) is 0 Å². The summed E-state index contributed by atoms with van der Waals surface area (Å²) in [4.78, 5) is 0. The predicted octanol–water partition coefficient (Wildman–Crippen LogP) is 2.70. The van der Waals surface area contributed by atoms with Crippen LogP contribution < -0.4 is 0 Å². The van der Waals surface area contributed by atoms with Crippen molar-refractivity contribution in [1.29, 1.82) is 0 Å². The lowest BCUT2D eigenvalue weighted by molar-refractivity contribution is 1.14. The molecule has 0 amide bonds. The average molecular weight is 149 g/mol. The minimum atomic E-state index is 0.537. The Labute approximate surface area is 65.7 Å². The molecule has 0 nitrogen and oxygen atoms in total. The van der Waals surface area contributed by atoms with Crippen molar-refractivity contribution in [2.75, 3.05) is 0 Å². The average Bonchev–Trinajstić information content (AvgIpc) is 2.42. The van der Waals surface area contributed by atoms with Gasteiger partial charge in [0.2, 0.25) is 0 Å². The first-order chi connectivity index (χ1) is 4.90. The van der Waals surface area contributed by atoms with E-state index in [2.05, 4.69) is 30.6 Å². The van der Waals surface area contributed by atoms with Gasteiger partial charge in [-0.15, -0.1) is 11.8 Å². The highest BCUT2D eigenvalue weighted by atomic mass is 32.2. The van der Waals surface area contributed by atoms with Crippen molar-refractivity contribution in [1.82, 2.24) is 0 Å². The van der Waals surface area contributed by atoms with E-state index in [1.807, 2.05) is 11.8 Å². The molecule has 1 radical (unpaired) electrons. The molecule has 0 N–H and O–H groups in total. The van der Waals surface area contributed by atoms with Crippen LogP contribution in [-0.2, 0) is 0 Å². The molecule has 0 aromatic rings. The maximum atomic E-state index is 3.43. The first kappa shape index (κ1) is 6.29. The predicted molar refractivity (Wildman–Crippen MR) is 45.6 cm³/mol. The standard InChI is InChI=1S/C9H9S/c1-2-7-5-8-3-4-10-9(8)6-7/h3-5,9H,2H2,1H3. The third kappa shape index (κ3) is 0.853. The fourth-order valence-corrected chi connectivity index (χ4v) is 2.13. The van der Waals surface area contributed by atoms with Crippen LogP contribution in [0.3, 0.4) is 0 Å². The van der Waals surface area contributed by atoms with Crippen LogP contribution in [0.2, 0.25) is 0 Å². The second-order valence-corrected chi connectivity index (χ2v) is 3.50. The fourth-order valence-electron chi connectivity index (χ4n) is 1.22. The molecule has 0 aromatic heterocycles.